The number of aryl methyl sites for hydroxylation is 1. The largest absolute Gasteiger partial charge is 0.326 e. The Kier molecular flexibility index (Phi) is 4.82. The first-order valence-corrected chi connectivity index (χ1v) is 8.05. The molecule has 18 heavy (non-hydrogen) atoms. The molecular weight excluding hydrogens is 240 g/mol. The molecule has 2 nitrogen and oxygen atoms in total. The number of nitrogens with zero attached hydrogens (tertiary/aromatic N) is 1. The lowest BCUT2D eigenvalue weighted by Crippen LogP contribution is -2.44. The molecule has 0 bridgehead atoms. The van der Waals surface area contributed by atoms with E-state index in [1.807, 2.05) is 11.3 Å². The maximum absolute atomic E-state index is 6.28. The lowest BCUT2D eigenvalue weighted by molar-refractivity contribution is 0.110. The van der Waals surface area contributed by atoms with Gasteiger partial charge in [0.2, 0.25) is 0 Å². The molecule has 0 aromatic carbocycles. The lowest BCUT2D eigenvalue weighted by Gasteiger charge is -2.39. The van der Waals surface area contributed by atoms with E-state index in [2.05, 4.69) is 37.1 Å². The second-order valence-corrected chi connectivity index (χ2v) is 6.63. The summed E-state index contributed by atoms with van der Waals surface area (Å²) in [5.74, 6) is 0.861. The van der Waals surface area contributed by atoms with Crippen molar-refractivity contribution in [2.45, 2.75) is 52.1 Å². The molecule has 3 heteroatoms. The molecule has 0 amide bonds. The normalized spacial score (nSPS) is 25.0. The van der Waals surface area contributed by atoms with E-state index in [-0.39, 0.29) is 6.04 Å². The van der Waals surface area contributed by atoms with Crippen molar-refractivity contribution in [1.82, 2.24) is 4.90 Å². The molecule has 3 atom stereocenters. The summed E-state index contributed by atoms with van der Waals surface area (Å²) in [6, 6.07) is 2.84. The van der Waals surface area contributed by atoms with Crippen LogP contribution in [-0.4, -0.2) is 24.0 Å². The molecule has 0 spiro atoms. The van der Waals surface area contributed by atoms with Crippen LogP contribution in [0.3, 0.4) is 0 Å². The highest BCUT2D eigenvalue weighted by atomic mass is 32.1. The molecule has 2 rings (SSSR count). The first-order valence-electron chi connectivity index (χ1n) is 7.17. The van der Waals surface area contributed by atoms with Gasteiger partial charge < -0.3 is 5.73 Å². The molecule has 1 aliphatic rings. The number of hydrogen-bond donors (Lipinski definition) is 1. The Balaban J connectivity index is 2.18. The van der Waals surface area contributed by atoms with Gasteiger partial charge >= 0.3 is 0 Å². The summed E-state index contributed by atoms with van der Waals surface area (Å²) in [6.07, 6.45) is 4.01. The maximum Gasteiger partial charge on any atom is 0.0593 e. The molecule has 0 saturated carbocycles. The van der Waals surface area contributed by atoms with Gasteiger partial charge in [0.05, 0.1) is 6.04 Å². The SMILES string of the molecule is CCC1CCCN(C(c2sccc2C)C(C)N)C1. The average molecular weight is 266 g/mol. The summed E-state index contributed by atoms with van der Waals surface area (Å²) in [5, 5.41) is 2.20. The average Bonchev–Trinajstić information content (AvgIpc) is 2.76. The minimum atomic E-state index is 0.206. The fourth-order valence-corrected chi connectivity index (χ4v) is 4.28. The van der Waals surface area contributed by atoms with Crippen LogP contribution in [0.25, 0.3) is 0 Å². The highest BCUT2D eigenvalue weighted by Crippen LogP contribution is 2.34. The monoisotopic (exact) mass is 266 g/mol. The summed E-state index contributed by atoms with van der Waals surface area (Å²) in [4.78, 5) is 4.10. The number of thiophene rings is 1. The zero-order valence-electron chi connectivity index (χ0n) is 11.9. The number of hydrogen-bond acceptors (Lipinski definition) is 3. The number of piperidine rings is 1. The van der Waals surface area contributed by atoms with Crippen molar-refractivity contribution >= 4 is 11.3 Å². The Labute approximate surface area is 115 Å². The van der Waals surface area contributed by atoms with Gasteiger partial charge in [0.25, 0.3) is 0 Å². The van der Waals surface area contributed by atoms with E-state index in [1.165, 1.54) is 42.8 Å². The minimum absolute atomic E-state index is 0.206. The Bertz CT molecular complexity index is 372. The molecule has 2 heterocycles. The summed E-state index contributed by atoms with van der Waals surface area (Å²) >= 11 is 1.87. The Morgan fingerprint density at radius 3 is 2.89 bits per heavy atom. The van der Waals surface area contributed by atoms with Gasteiger partial charge in [0.1, 0.15) is 0 Å². The smallest absolute Gasteiger partial charge is 0.0593 e. The number of rotatable bonds is 4. The second-order valence-electron chi connectivity index (χ2n) is 5.68. The van der Waals surface area contributed by atoms with Gasteiger partial charge in [-0.1, -0.05) is 13.3 Å². The van der Waals surface area contributed by atoms with Crippen molar-refractivity contribution in [3.8, 4) is 0 Å². The van der Waals surface area contributed by atoms with Gasteiger partial charge in [-0.2, -0.15) is 0 Å². The standard InChI is InChI=1S/C15H26N2S/c1-4-13-6-5-8-17(10-13)14(12(3)16)15-11(2)7-9-18-15/h7,9,12-14H,4-6,8,10,16H2,1-3H3. The van der Waals surface area contributed by atoms with Gasteiger partial charge in [-0.25, -0.2) is 0 Å². The van der Waals surface area contributed by atoms with Crippen LogP contribution >= 0.6 is 11.3 Å². The molecule has 0 radical (unpaired) electrons. The molecule has 1 aromatic rings. The Morgan fingerprint density at radius 1 is 1.56 bits per heavy atom. The van der Waals surface area contributed by atoms with Gasteiger partial charge in [0, 0.05) is 17.5 Å². The van der Waals surface area contributed by atoms with E-state index in [4.69, 9.17) is 5.73 Å². The molecule has 102 valence electrons. The van der Waals surface area contributed by atoms with Crippen LogP contribution in [0, 0.1) is 12.8 Å². The van der Waals surface area contributed by atoms with Gasteiger partial charge in [-0.05, 0) is 56.2 Å². The predicted octanol–water partition coefficient (Wildman–Crippen LogP) is 3.57. The van der Waals surface area contributed by atoms with Crippen LogP contribution in [0.15, 0.2) is 11.4 Å². The zero-order valence-corrected chi connectivity index (χ0v) is 12.7. The van der Waals surface area contributed by atoms with Crippen LogP contribution in [-0.2, 0) is 0 Å². The van der Waals surface area contributed by atoms with Crippen molar-refractivity contribution in [3.05, 3.63) is 21.9 Å². The van der Waals surface area contributed by atoms with E-state index in [0.29, 0.717) is 6.04 Å². The Morgan fingerprint density at radius 2 is 2.33 bits per heavy atom. The van der Waals surface area contributed by atoms with E-state index >= 15 is 0 Å². The fraction of sp³-hybridized carbons (Fsp3) is 0.733. The van der Waals surface area contributed by atoms with Crippen molar-refractivity contribution in [2.24, 2.45) is 11.7 Å². The van der Waals surface area contributed by atoms with Crippen LogP contribution in [0.1, 0.15) is 49.6 Å². The third-order valence-corrected chi connectivity index (χ3v) is 5.28. The van der Waals surface area contributed by atoms with Crippen molar-refractivity contribution in [1.29, 1.82) is 0 Å². The topological polar surface area (TPSA) is 29.3 Å². The predicted molar refractivity (Wildman–Crippen MR) is 80.0 cm³/mol. The first-order chi connectivity index (χ1) is 8.63. The van der Waals surface area contributed by atoms with Crippen LogP contribution in [0.2, 0.25) is 0 Å². The number of likely N-dealkylation sites (tertiary alicyclic amines) is 1. The summed E-state index contributed by atoms with van der Waals surface area (Å²) in [6.45, 7) is 9.10. The van der Waals surface area contributed by atoms with E-state index in [1.54, 1.807) is 0 Å². The summed E-state index contributed by atoms with van der Waals surface area (Å²) in [7, 11) is 0. The lowest BCUT2D eigenvalue weighted by atomic mass is 9.92. The molecule has 1 saturated heterocycles. The van der Waals surface area contributed by atoms with Gasteiger partial charge in [-0.3, -0.25) is 4.90 Å². The second kappa shape index (κ2) is 6.18. The van der Waals surface area contributed by atoms with Crippen molar-refractivity contribution in [2.75, 3.05) is 13.1 Å². The first kappa shape index (κ1) is 14.0. The zero-order chi connectivity index (χ0) is 13.1. The third kappa shape index (κ3) is 2.95. The van der Waals surface area contributed by atoms with E-state index < -0.39 is 0 Å². The highest BCUT2D eigenvalue weighted by Gasteiger charge is 2.30. The number of nitrogens with two attached hydrogens (primary N) is 1. The maximum atomic E-state index is 6.28. The van der Waals surface area contributed by atoms with Crippen molar-refractivity contribution in [3.63, 3.8) is 0 Å². The molecular formula is C15H26N2S. The quantitative estimate of drug-likeness (QED) is 0.903. The van der Waals surface area contributed by atoms with Gasteiger partial charge in [0.15, 0.2) is 0 Å². The van der Waals surface area contributed by atoms with Crippen LogP contribution in [0.4, 0.5) is 0 Å². The van der Waals surface area contributed by atoms with Gasteiger partial charge in [-0.15, -0.1) is 11.3 Å². The van der Waals surface area contributed by atoms with Crippen LogP contribution in [0.5, 0.6) is 0 Å². The van der Waals surface area contributed by atoms with E-state index in [9.17, 15) is 0 Å². The Hall–Kier alpha value is -0.380. The highest BCUT2D eigenvalue weighted by molar-refractivity contribution is 7.10. The molecule has 1 fully saturated rings. The summed E-state index contributed by atoms with van der Waals surface area (Å²) < 4.78 is 0. The van der Waals surface area contributed by atoms with Crippen LogP contribution < -0.4 is 5.73 Å². The molecule has 1 aliphatic heterocycles. The molecule has 3 unspecified atom stereocenters. The molecule has 2 N–H and O–H groups in total. The molecule has 1 aromatic heterocycles. The van der Waals surface area contributed by atoms with E-state index in [0.717, 1.165) is 5.92 Å². The minimum Gasteiger partial charge on any atom is -0.326 e. The van der Waals surface area contributed by atoms with Crippen molar-refractivity contribution < 1.29 is 0 Å². The molecule has 0 aliphatic carbocycles. The summed E-state index contributed by atoms with van der Waals surface area (Å²) in [5.41, 5.74) is 7.68. The third-order valence-electron chi connectivity index (χ3n) is 4.19. The fourth-order valence-electron chi connectivity index (χ4n) is 3.11.